The van der Waals surface area contributed by atoms with Crippen LogP contribution in [0.4, 0.5) is 5.69 Å². The molecule has 0 bridgehead atoms. The van der Waals surface area contributed by atoms with Crippen molar-refractivity contribution in [2.45, 2.75) is 11.8 Å². The highest BCUT2D eigenvalue weighted by molar-refractivity contribution is 7.89. The van der Waals surface area contributed by atoms with Crippen molar-refractivity contribution in [1.82, 2.24) is 0 Å². The maximum Gasteiger partial charge on any atom is 0.338 e. The summed E-state index contributed by atoms with van der Waals surface area (Å²) in [6.45, 7) is 0.935. The van der Waals surface area contributed by atoms with Gasteiger partial charge in [-0.1, -0.05) is 40.9 Å². The van der Waals surface area contributed by atoms with Crippen molar-refractivity contribution in [3.8, 4) is 0 Å². The monoisotopic (exact) mass is 450 g/mol. The molecule has 0 aromatic heterocycles. The zero-order valence-electron chi connectivity index (χ0n) is 13.8. The molecule has 0 unspecified atom stereocenters. The molecule has 2 rings (SSSR count). The summed E-state index contributed by atoms with van der Waals surface area (Å²) in [6.07, 6.45) is 0. The Bertz CT molecular complexity index is 1000. The first-order valence-corrected chi connectivity index (χ1v) is 9.92. The van der Waals surface area contributed by atoms with Crippen LogP contribution in [0.25, 0.3) is 0 Å². The number of carbonyl (C=O) groups excluding carboxylic acids is 2. The highest BCUT2D eigenvalue weighted by Gasteiger charge is 2.18. The summed E-state index contributed by atoms with van der Waals surface area (Å²) in [6, 6.07) is 6.53. The quantitative estimate of drug-likeness (QED) is 0.676. The van der Waals surface area contributed by atoms with Crippen LogP contribution in [0.5, 0.6) is 0 Å². The minimum Gasteiger partial charge on any atom is -0.452 e. The van der Waals surface area contributed by atoms with Gasteiger partial charge in [0.05, 0.1) is 26.2 Å². The molecule has 3 N–H and O–H groups in total. The molecule has 1 amide bonds. The Morgan fingerprint density at radius 3 is 2.26 bits per heavy atom. The molecule has 2 aromatic carbocycles. The number of hydrogen-bond donors (Lipinski definition) is 2. The minimum atomic E-state index is -3.99. The largest absolute Gasteiger partial charge is 0.452 e. The number of nitrogens with one attached hydrogen (secondary N) is 1. The number of esters is 1. The Morgan fingerprint density at radius 1 is 1.11 bits per heavy atom. The summed E-state index contributed by atoms with van der Waals surface area (Å²) < 4.78 is 27.7. The van der Waals surface area contributed by atoms with Gasteiger partial charge in [-0.25, -0.2) is 18.4 Å². The molecular weight excluding hydrogens is 439 g/mol. The van der Waals surface area contributed by atoms with Gasteiger partial charge in [0.25, 0.3) is 5.91 Å². The molecule has 0 saturated carbocycles. The van der Waals surface area contributed by atoms with Gasteiger partial charge < -0.3 is 10.1 Å². The van der Waals surface area contributed by atoms with Crippen molar-refractivity contribution in [2.24, 2.45) is 5.14 Å². The average Bonchev–Trinajstić information content (AvgIpc) is 2.55. The van der Waals surface area contributed by atoms with Gasteiger partial charge in [-0.3, -0.25) is 4.79 Å². The van der Waals surface area contributed by atoms with E-state index in [0.717, 1.165) is 6.07 Å². The molecule has 144 valence electrons. The van der Waals surface area contributed by atoms with E-state index in [0.29, 0.717) is 10.6 Å². The first-order chi connectivity index (χ1) is 12.5. The van der Waals surface area contributed by atoms with Crippen molar-refractivity contribution >= 4 is 62.4 Å². The molecule has 0 aliphatic rings. The number of sulfonamides is 1. The third-order valence-electron chi connectivity index (χ3n) is 3.36. The van der Waals surface area contributed by atoms with E-state index in [1.54, 1.807) is 6.92 Å². The number of rotatable bonds is 5. The number of halogens is 3. The van der Waals surface area contributed by atoms with E-state index < -0.39 is 28.5 Å². The first-order valence-electron chi connectivity index (χ1n) is 7.24. The molecule has 11 heteroatoms. The number of hydrogen-bond acceptors (Lipinski definition) is 5. The van der Waals surface area contributed by atoms with Crippen LogP contribution in [0.1, 0.15) is 15.9 Å². The fraction of sp³-hybridized carbons (Fsp3) is 0.125. The maximum atomic E-state index is 12.2. The summed E-state index contributed by atoms with van der Waals surface area (Å²) >= 11 is 17.7. The normalized spacial score (nSPS) is 11.1. The lowest BCUT2D eigenvalue weighted by atomic mass is 10.1. The van der Waals surface area contributed by atoms with Crippen LogP contribution in [0.15, 0.2) is 35.2 Å². The zero-order valence-corrected chi connectivity index (χ0v) is 16.8. The fourth-order valence-corrected chi connectivity index (χ4v) is 3.50. The van der Waals surface area contributed by atoms with E-state index >= 15 is 0 Å². The van der Waals surface area contributed by atoms with E-state index in [-0.39, 0.29) is 26.2 Å². The molecular formula is C16H13Cl3N2O5S. The van der Waals surface area contributed by atoms with Crippen molar-refractivity contribution < 1.29 is 22.7 Å². The minimum absolute atomic E-state index is 0.0307. The number of primary sulfonamides is 1. The van der Waals surface area contributed by atoms with Crippen LogP contribution in [0, 0.1) is 6.92 Å². The van der Waals surface area contributed by atoms with Crippen molar-refractivity contribution in [3.63, 3.8) is 0 Å². The van der Waals surface area contributed by atoms with E-state index in [1.807, 2.05) is 0 Å². The Labute approximate surface area is 170 Å². The van der Waals surface area contributed by atoms with Gasteiger partial charge in [0, 0.05) is 5.02 Å². The number of benzene rings is 2. The second kappa shape index (κ2) is 8.45. The van der Waals surface area contributed by atoms with E-state index in [2.05, 4.69) is 5.32 Å². The predicted octanol–water partition coefficient (Wildman–Crippen LogP) is 3.40. The number of aryl methyl sites for hydroxylation is 1. The smallest absolute Gasteiger partial charge is 0.338 e. The lowest BCUT2D eigenvalue weighted by Crippen LogP contribution is -2.22. The summed E-state index contributed by atoms with van der Waals surface area (Å²) in [5.74, 6) is -1.59. The van der Waals surface area contributed by atoms with Gasteiger partial charge >= 0.3 is 5.97 Å². The highest BCUT2D eigenvalue weighted by atomic mass is 35.5. The van der Waals surface area contributed by atoms with Gasteiger partial charge in [0.1, 0.15) is 0 Å². The molecule has 0 saturated heterocycles. The molecule has 2 aromatic rings. The lowest BCUT2D eigenvalue weighted by Gasteiger charge is -2.11. The number of amides is 1. The van der Waals surface area contributed by atoms with Crippen molar-refractivity contribution in [2.75, 3.05) is 11.9 Å². The maximum absolute atomic E-state index is 12.2. The Balaban J connectivity index is 2.09. The van der Waals surface area contributed by atoms with Gasteiger partial charge in [0.2, 0.25) is 10.0 Å². The molecule has 0 atom stereocenters. The SMILES string of the molecule is Cc1ccc(S(N)(=O)=O)cc1C(=O)OCC(=O)Nc1c(Cl)cc(Cl)cc1Cl. The molecule has 0 radical (unpaired) electrons. The highest BCUT2D eigenvalue weighted by Crippen LogP contribution is 2.33. The van der Waals surface area contributed by atoms with Crippen LogP contribution >= 0.6 is 34.8 Å². The molecule has 0 heterocycles. The third-order valence-corrected chi connectivity index (χ3v) is 5.09. The van der Waals surface area contributed by atoms with Gasteiger partial charge in [0.15, 0.2) is 6.61 Å². The van der Waals surface area contributed by atoms with Crippen LogP contribution in [-0.4, -0.2) is 26.9 Å². The summed E-state index contributed by atoms with van der Waals surface area (Å²) in [4.78, 5) is 23.9. The molecule has 0 fully saturated rings. The van der Waals surface area contributed by atoms with Crippen molar-refractivity contribution in [3.05, 3.63) is 56.5 Å². The second-order valence-corrected chi connectivity index (χ2v) is 8.20. The fourth-order valence-electron chi connectivity index (χ4n) is 2.04. The average molecular weight is 452 g/mol. The molecule has 7 nitrogen and oxygen atoms in total. The Morgan fingerprint density at radius 2 is 1.70 bits per heavy atom. The number of ether oxygens (including phenoxy) is 1. The topological polar surface area (TPSA) is 116 Å². The van der Waals surface area contributed by atoms with E-state index in [1.165, 1.54) is 24.3 Å². The first kappa shape index (κ1) is 21.5. The summed E-state index contributed by atoms with van der Waals surface area (Å²) in [7, 11) is -3.99. The van der Waals surface area contributed by atoms with E-state index in [4.69, 9.17) is 44.7 Å². The van der Waals surface area contributed by atoms with Gasteiger partial charge in [-0.2, -0.15) is 0 Å². The standard InChI is InChI=1S/C16H13Cl3N2O5S/c1-8-2-3-10(27(20,24)25)6-11(8)16(23)26-7-14(22)21-15-12(18)4-9(17)5-13(15)19/h2-6H,7H2,1H3,(H,21,22)(H2,20,24,25). The summed E-state index contributed by atoms with van der Waals surface area (Å²) in [5, 5.41) is 7.97. The summed E-state index contributed by atoms with van der Waals surface area (Å²) in [5.41, 5.74) is 0.546. The van der Waals surface area contributed by atoms with Crippen molar-refractivity contribution in [1.29, 1.82) is 0 Å². The van der Waals surface area contributed by atoms with Gasteiger partial charge in [-0.05, 0) is 36.8 Å². The predicted molar refractivity (Wildman–Crippen MR) is 103 cm³/mol. The van der Waals surface area contributed by atoms with E-state index in [9.17, 15) is 18.0 Å². The molecule has 0 aliphatic carbocycles. The molecule has 0 spiro atoms. The molecule has 27 heavy (non-hydrogen) atoms. The molecule has 0 aliphatic heterocycles. The van der Waals surface area contributed by atoms with Gasteiger partial charge in [-0.15, -0.1) is 0 Å². The number of anilines is 1. The number of nitrogens with two attached hydrogens (primary N) is 1. The van der Waals surface area contributed by atoms with Crippen LogP contribution in [0.2, 0.25) is 15.1 Å². The second-order valence-electron chi connectivity index (χ2n) is 5.39. The zero-order chi connectivity index (χ0) is 20.4. The number of carbonyl (C=O) groups is 2. The lowest BCUT2D eigenvalue weighted by molar-refractivity contribution is -0.119. The Kier molecular flexibility index (Phi) is 6.72. The third kappa shape index (κ3) is 5.57. The van der Waals surface area contributed by atoms with Crippen LogP contribution < -0.4 is 10.5 Å². The van der Waals surface area contributed by atoms with Crippen LogP contribution in [-0.2, 0) is 19.6 Å². The Hall–Kier alpha value is -1.84. The van der Waals surface area contributed by atoms with Crippen LogP contribution in [0.3, 0.4) is 0 Å².